The first-order chi connectivity index (χ1) is 18.7. The van der Waals surface area contributed by atoms with Crippen molar-refractivity contribution >= 4 is 46.4 Å². The summed E-state index contributed by atoms with van der Waals surface area (Å²) in [6.07, 6.45) is 0.924. The number of benzene rings is 1. The van der Waals surface area contributed by atoms with E-state index in [0.29, 0.717) is 14.9 Å². The fourth-order valence-corrected chi connectivity index (χ4v) is 5.08. The number of carbonyl (C=O) groups excluding carboxylic acids is 3. The molecule has 0 spiro atoms. The third kappa shape index (κ3) is 7.51. The molecule has 1 saturated heterocycles. The number of esters is 1. The number of pyridine rings is 1. The Hall–Kier alpha value is -3.58. The minimum atomic E-state index is -0.701. The SMILES string of the molecule is CCOC(=O)CO[C@H]1CN(CC(=O)Nc2ccc(-n3ccccc3=O)cc2F)C[C@H]1NC(=O)c1ccc(Cl)s1. The van der Waals surface area contributed by atoms with E-state index in [-0.39, 0.29) is 50.0 Å². The number of aromatic nitrogens is 1. The lowest BCUT2D eigenvalue weighted by Gasteiger charge is -2.19. The number of rotatable bonds is 10. The van der Waals surface area contributed by atoms with Crippen LogP contribution < -0.4 is 16.2 Å². The van der Waals surface area contributed by atoms with Crippen molar-refractivity contribution in [2.45, 2.75) is 19.1 Å². The van der Waals surface area contributed by atoms with E-state index in [2.05, 4.69) is 10.6 Å². The molecule has 2 aromatic heterocycles. The van der Waals surface area contributed by atoms with Crippen LogP contribution in [0, 0.1) is 5.82 Å². The van der Waals surface area contributed by atoms with E-state index in [9.17, 15) is 23.6 Å². The third-order valence-corrected chi connectivity index (χ3v) is 7.10. The highest BCUT2D eigenvalue weighted by atomic mass is 35.5. The van der Waals surface area contributed by atoms with E-state index in [0.717, 1.165) is 17.4 Å². The number of nitrogens with one attached hydrogen (secondary N) is 2. The first-order valence-corrected chi connectivity index (χ1v) is 13.3. The highest BCUT2D eigenvalue weighted by molar-refractivity contribution is 7.18. The number of amides is 2. The minimum Gasteiger partial charge on any atom is -0.464 e. The fourth-order valence-electron chi connectivity index (χ4n) is 4.13. The molecule has 2 amide bonds. The van der Waals surface area contributed by atoms with Crippen molar-refractivity contribution in [3.8, 4) is 5.69 Å². The normalized spacial score (nSPS) is 17.1. The zero-order valence-electron chi connectivity index (χ0n) is 20.9. The van der Waals surface area contributed by atoms with E-state index < -0.39 is 29.8 Å². The Morgan fingerprint density at radius 1 is 1.15 bits per heavy atom. The topological polar surface area (TPSA) is 119 Å². The van der Waals surface area contributed by atoms with Crippen LogP contribution in [0.2, 0.25) is 4.34 Å². The van der Waals surface area contributed by atoms with Crippen LogP contribution in [0.5, 0.6) is 0 Å². The molecule has 0 unspecified atom stereocenters. The van der Waals surface area contributed by atoms with Crippen LogP contribution in [0.4, 0.5) is 10.1 Å². The molecule has 3 aromatic rings. The van der Waals surface area contributed by atoms with Gasteiger partial charge in [0, 0.05) is 31.4 Å². The molecular weight excluding hydrogens is 551 g/mol. The van der Waals surface area contributed by atoms with Gasteiger partial charge in [-0.05, 0) is 37.3 Å². The van der Waals surface area contributed by atoms with Gasteiger partial charge in [0.15, 0.2) is 0 Å². The monoisotopic (exact) mass is 576 g/mol. The quantitative estimate of drug-likeness (QED) is 0.356. The Bertz CT molecular complexity index is 1410. The first-order valence-electron chi connectivity index (χ1n) is 12.1. The van der Waals surface area contributed by atoms with Gasteiger partial charge in [-0.15, -0.1) is 11.3 Å². The van der Waals surface area contributed by atoms with Crippen LogP contribution in [0.1, 0.15) is 16.6 Å². The number of hydrogen-bond donors (Lipinski definition) is 2. The van der Waals surface area contributed by atoms with Crippen LogP contribution >= 0.6 is 22.9 Å². The highest BCUT2D eigenvalue weighted by Crippen LogP contribution is 2.23. The number of hydrogen-bond acceptors (Lipinski definition) is 8. The fraction of sp³-hybridized carbons (Fsp3) is 0.308. The number of ether oxygens (including phenoxy) is 2. The lowest BCUT2D eigenvalue weighted by atomic mass is 10.2. The smallest absolute Gasteiger partial charge is 0.332 e. The van der Waals surface area contributed by atoms with Gasteiger partial charge in [0.25, 0.3) is 11.5 Å². The van der Waals surface area contributed by atoms with Crippen molar-refractivity contribution in [3.63, 3.8) is 0 Å². The van der Waals surface area contributed by atoms with Gasteiger partial charge in [0.2, 0.25) is 5.91 Å². The molecular formula is C26H26ClFN4O6S. The summed E-state index contributed by atoms with van der Waals surface area (Å²) >= 11 is 7.06. The number of likely N-dealkylation sites (tertiary alicyclic amines) is 1. The summed E-state index contributed by atoms with van der Waals surface area (Å²) in [5.41, 5.74) is -0.0319. The molecule has 1 aliphatic heterocycles. The molecule has 4 rings (SSSR count). The van der Waals surface area contributed by atoms with Crippen molar-refractivity contribution in [3.05, 3.63) is 80.1 Å². The maximum absolute atomic E-state index is 14.7. The number of carbonyl (C=O) groups is 3. The molecule has 0 radical (unpaired) electrons. The molecule has 0 saturated carbocycles. The molecule has 1 fully saturated rings. The maximum atomic E-state index is 14.7. The Balaban J connectivity index is 1.39. The Labute approximate surface area is 232 Å². The summed E-state index contributed by atoms with van der Waals surface area (Å²) in [5.74, 6) is -2.08. The van der Waals surface area contributed by atoms with Crippen LogP contribution in [0.3, 0.4) is 0 Å². The number of halogens is 2. The van der Waals surface area contributed by atoms with Gasteiger partial charge in [-0.2, -0.15) is 0 Å². The highest BCUT2D eigenvalue weighted by Gasteiger charge is 2.36. The average molecular weight is 577 g/mol. The van der Waals surface area contributed by atoms with Crippen molar-refractivity contribution < 1.29 is 28.2 Å². The molecule has 1 aliphatic rings. The number of nitrogens with zero attached hydrogens (tertiary/aromatic N) is 2. The van der Waals surface area contributed by atoms with E-state index in [1.165, 1.54) is 29.0 Å². The van der Waals surface area contributed by atoms with Gasteiger partial charge in [-0.1, -0.05) is 17.7 Å². The van der Waals surface area contributed by atoms with Crippen LogP contribution in [0.25, 0.3) is 5.69 Å². The molecule has 0 bridgehead atoms. The zero-order chi connectivity index (χ0) is 27.9. The van der Waals surface area contributed by atoms with Gasteiger partial charge in [-0.25, -0.2) is 9.18 Å². The molecule has 3 heterocycles. The average Bonchev–Trinajstić information content (AvgIpc) is 3.50. The molecule has 206 valence electrons. The van der Waals surface area contributed by atoms with Crippen LogP contribution in [0.15, 0.2) is 59.5 Å². The number of thiophene rings is 1. The Kier molecular flexibility index (Phi) is 9.46. The predicted molar refractivity (Wildman–Crippen MR) is 144 cm³/mol. The Morgan fingerprint density at radius 3 is 2.67 bits per heavy atom. The molecule has 10 nitrogen and oxygen atoms in total. The minimum absolute atomic E-state index is 0.0403. The van der Waals surface area contributed by atoms with E-state index >= 15 is 0 Å². The first kappa shape index (κ1) is 28.4. The van der Waals surface area contributed by atoms with Gasteiger partial charge >= 0.3 is 5.97 Å². The van der Waals surface area contributed by atoms with Crippen LogP contribution in [-0.2, 0) is 19.1 Å². The largest absolute Gasteiger partial charge is 0.464 e. The maximum Gasteiger partial charge on any atom is 0.332 e. The summed E-state index contributed by atoms with van der Waals surface area (Å²) < 4.78 is 27.1. The van der Waals surface area contributed by atoms with Gasteiger partial charge < -0.3 is 20.1 Å². The predicted octanol–water partition coefficient (Wildman–Crippen LogP) is 2.69. The molecule has 2 N–H and O–H groups in total. The summed E-state index contributed by atoms with van der Waals surface area (Å²) in [4.78, 5) is 51.4. The standard InChI is InChI=1S/C26H26ClFN4O6S/c1-2-37-25(35)15-38-20-13-31(12-19(20)30-26(36)21-8-9-22(27)39-21)14-23(33)29-18-7-6-16(11-17(18)28)32-10-4-3-5-24(32)34/h3-11,19-20H,2,12-15H2,1H3,(H,29,33)(H,30,36)/t19-,20+/m1/s1. The van der Waals surface area contributed by atoms with E-state index in [4.69, 9.17) is 21.1 Å². The van der Waals surface area contributed by atoms with Crippen molar-refractivity contribution in [1.82, 2.24) is 14.8 Å². The van der Waals surface area contributed by atoms with Crippen molar-refractivity contribution in [1.29, 1.82) is 0 Å². The van der Waals surface area contributed by atoms with Gasteiger partial charge in [0.05, 0.1) is 45.9 Å². The molecule has 13 heteroatoms. The van der Waals surface area contributed by atoms with E-state index in [1.54, 1.807) is 36.1 Å². The second-order valence-electron chi connectivity index (χ2n) is 8.65. The second kappa shape index (κ2) is 13.0. The van der Waals surface area contributed by atoms with Crippen LogP contribution in [-0.4, -0.2) is 72.2 Å². The Morgan fingerprint density at radius 2 is 1.97 bits per heavy atom. The van der Waals surface area contributed by atoms with Crippen molar-refractivity contribution in [2.24, 2.45) is 0 Å². The molecule has 2 atom stereocenters. The summed E-state index contributed by atoms with van der Waals surface area (Å²) in [7, 11) is 0. The van der Waals surface area contributed by atoms with Crippen molar-refractivity contribution in [2.75, 3.05) is 38.2 Å². The summed E-state index contributed by atoms with van der Waals surface area (Å²) in [6, 6.07) is 11.4. The molecule has 39 heavy (non-hydrogen) atoms. The van der Waals surface area contributed by atoms with Gasteiger partial charge in [-0.3, -0.25) is 23.9 Å². The second-order valence-corrected chi connectivity index (χ2v) is 10.4. The summed E-state index contributed by atoms with van der Waals surface area (Å²) in [5, 5.41) is 5.42. The molecule has 1 aromatic carbocycles. The third-order valence-electron chi connectivity index (χ3n) is 5.87. The zero-order valence-corrected chi connectivity index (χ0v) is 22.5. The van der Waals surface area contributed by atoms with E-state index in [1.807, 2.05) is 0 Å². The lowest BCUT2D eigenvalue weighted by molar-refractivity contribution is -0.150. The lowest BCUT2D eigenvalue weighted by Crippen LogP contribution is -2.44. The van der Waals surface area contributed by atoms with Gasteiger partial charge in [0.1, 0.15) is 12.4 Å². The molecule has 0 aliphatic carbocycles. The summed E-state index contributed by atoms with van der Waals surface area (Å²) in [6.45, 7) is 1.96. The number of anilines is 1.